The summed E-state index contributed by atoms with van der Waals surface area (Å²) in [6.45, 7) is 3.77. The zero-order chi connectivity index (χ0) is 29.5. The lowest BCUT2D eigenvalue weighted by molar-refractivity contribution is -0.121. The highest BCUT2D eigenvalue weighted by molar-refractivity contribution is 5.85. The number of fused-ring (bicyclic) bond motifs is 3. The van der Waals surface area contributed by atoms with E-state index in [2.05, 4.69) is 22.0 Å². The minimum Gasteiger partial charge on any atom is -0.493 e. The number of anilines is 1. The zero-order valence-corrected chi connectivity index (χ0v) is 24.6. The smallest absolute Gasteiger partial charge is 0.242 e. The number of hydrogen-bond donors (Lipinski definition) is 3. The molecule has 2 amide bonds. The first-order chi connectivity index (χ1) is 19.8. The molecule has 0 aromatic heterocycles. The molecule has 9 nitrogen and oxygen atoms in total. The molecule has 0 radical (unpaired) electrons. The second-order valence-corrected chi connectivity index (χ2v) is 10.6. The van der Waals surface area contributed by atoms with Crippen LogP contribution in [0.15, 0.2) is 40.7 Å². The SMILES string of the molecule is COc1cc2c(c(OC)c1OC)-c1ccc(NC(C)C(=O)NCCC3=CCCCC3)c(=O)cc1C(NC(C)=O)CC2. The second kappa shape index (κ2) is 13.6. The molecule has 9 heteroatoms. The van der Waals surface area contributed by atoms with Crippen molar-refractivity contribution in [3.8, 4) is 28.4 Å². The van der Waals surface area contributed by atoms with Crippen LogP contribution in [0.3, 0.4) is 0 Å². The molecule has 2 aromatic rings. The van der Waals surface area contributed by atoms with Gasteiger partial charge in [-0.25, -0.2) is 0 Å². The molecule has 220 valence electrons. The average molecular weight is 564 g/mol. The first kappa shape index (κ1) is 30.0. The van der Waals surface area contributed by atoms with E-state index in [1.54, 1.807) is 40.4 Å². The summed E-state index contributed by atoms with van der Waals surface area (Å²) in [7, 11) is 4.68. The molecular formula is C32H41N3O6. The predicted molar refractivity (Wildman–Crippen MR) is 160 cm³/mol. The first-order valence-electron chi connectivity index (χ1n) is 14.3. The second-order valence-electron chi connectivity index (χ2n) is 10.6. The Morgan fingerprint density at radius 2 is 1.80 bits per heavy atom. The third kappa shape index (κ3) is 6.84. The third-order valence-corrected chi connectivity index (χ3v) is 7.81. The van der Waals surface area contributed by atoms with Gasteiger partial charge in [-0.3, -0.25) is 14.4 Å². The largest absolute Gasteiger partial charge is 0.493 e. The molecule has 0 bridgehead atoms. The van der Waals surface area contributed by atoms with Gasteiger partial charge in [0.2, 0.25) is 23.0 Å². The Morgan fingerprint density at radius 1 is 1.02 bits per heavy atom. The summed E-state index contributed by atoms with van der Waals surface area (Å²) in [4.78, 5) is 38.5. The van der Waals surface area contributed by atoms with Gasteiger partial charge >= 0.3 is 0 Å². The molecule has 41 heavy (non-hydrogen) atoms. The van der Waals surface area contributed by atoms with Crippen LogP contribution in [-0.2, 0) is 16.0 Å². The summed E-state index contributed by atoms with van der Waals surface area (Å²) in [6, 6.07) is 5.96. The van der Waals surface area contributed by atoms with Crippen LogP contribution >= 0.6 is 0 Å². The van der Waals surface area contributed by atoms with Crippen molar-refractivity contribution in [2.75, 3.05) is 33.2 Å². The van der Waals surface area contributed by atoms with Crippen LogP contribution in [0, 0.1) is 0 Å². The molecule has 4 rings (SSSR count). The van der Waals surface area contributed by atoms with Gasteiger partial charge in [-0.15, -0.1) is 0 Å². The molecule has 3 N–H and O–H groups in total. The highest BCUT2D eigenvalue weighted by atomic mass is 16.5. The van der Waals surface area contributed by atoms with Crippen LogP contribution < -0.4 is 35.6 Å². The van der Waals surface area contributed by atoms with Gasteiger partial charge in [0, 0.05) is 19.0 Å². The van der Waals surface area contributed by atoms with Gasteiger partial charge in [-0.05, 0) is 86.8 Å². The number of aryl methyl sites for hydroxylation is 1. The molecule has 2 unspecified atom stereocenters. The van der Waals surface area contributed by atoms with E-state index >= 15 is 0 Å². The van der Waals surface area contributed by atoms with Crippen LogP contribution in [0.1, 0.15) is 69.5 Å². The maximum Gasteiger partial charge on any atom is 0.242 e. The van der Waals surface area contributed by atoms with Gasteiger partial charge in [-0.1, -0.05) is 17.7 Å². The van der Waals surface area contributed by atoms with Gasteiger partial charge in [0.1, 0.15) is 6.04 Å². The van der Waals surface area contributed by atoms with E-state index in [-0.39, 0.29) is 17.2 Å². The Morgan fingerprint density at radius 3 is 2.46 bits per heavy atom. The topological polar surface area (TPSA) is 115 Å². The Hall–Kier alpha value is -4.01. The summed E-state index contributed by atoms with van der Waals surface area (Å²) in [5, 5.41) is 9.10. The molecule has 0 saturated heterocycles. The minimum atomic E-state index is -0.623. The normalized spacial score (nSPS) is 16.6. The van der Waals surface area contributed by atoms with Crippen molar-refractivity contribution in [3.63, 3.8) is 0 Å². The monoisotopic (exact) mass is 563 g/mol. The Labute approximate surface area is 241 Å². The van der Waals surface area contributed by atoms with Gasteiger partial charge in [-0.2, -0.15) is 0 Å². The average Bonchev–Trinajstić information content (AvgIpc) is 3.21. The Bertz CT molecular complexity index is 1390. The molecule has 0 aliphatic heterocycles. The van der Waals surface area contributed by atoms with Crippen LogP contribution in [0.2, 0.25) is 0 Å². The summed E-state index contributed by atoms with van der Waals surface area (Å²) in [5.74, 6) is 1.10. The summed E-state index contributed by atoms with van der Waals surface area (Å²) < 4.78 is 17.1. The van der Waals surface area contributed by atoms with Crippen molar-refractivity contribution < 1.29 is 23.8 Å². The van der Waals surface area contributed by atoms with Crippen molar-refractivity contribution in [3.05, 3.63) is 57.3 Å². The number of hydrogen-bond acceptors (Lipinski definition) is 7. The lowest BCUT2D eigenvalue weighted by Gasteiger charge is -2.19. The minimum absolute atomic E-state index is 0.172. The molecule has 0 spiro atoms. The summed E-state index contributed by atoms with van der Waals surface area (Å²) in [6.07, 6.45) is 8.96. The number of allylic oxidation sites excluding steroid dienone is 1. The summed E-state index contributed by atoms with van der Waals surface area (Å²) in [5.41, 5.74) is 4.53. The highest BCUT2D eigenvalue weighted by Crippen LogP contribution is 2.50. The van der Waals surface area contributed by atoms with Crippen molar-refractivity contribution in [1.29, 1.82) is 0 Å². The van der Waals surface area contributed by atoms with E-state index in [1.807, 2.05) is 12.1 Å². The van der Waals surface area contributed by atoms with E-state index in [4.69, 9.17) is 14.2 Å². The molecule has 2 aliphatic rings. The van der Waals surface area contributed by atoms with Gasteiger partial charge in [0.25, 0.3) is 0 Å². The molecule has 0 fully saturated rings. The van der Waals surface area contributed by atoms with Crippen molar-refractivity contribution in [1.82, 2.24) is 10.6 Å². The van der Waals surface area contributed by atoms with Crippen LogP contribution in [0.4, 0.5) is 5.69 Å². The number of carbonyl (C=O) groups excluding carboxylic acids is 2. The number of amides is 2. The quantitative estimate of drug-likeness (QED) is 0.360. The van der Waals surface area contributed by atoms with Gasteiger partial charge in [0.05, 0.1) is 33.1 Å². The summed E-state index contributed by atoms with van der Waals surface area (Å²) >= 11 is 0. The maximum absolute atomic E-state index is 13.5. The number of carbonyl (C=O) groups is 2. The van der Waals surface area contributed by atoms with Crippen molar-refractivity contribution in [2.24, 2.45) is 0 Å². The fourth-order valence-corrected chi connectivity index (χ4v) is 5.76. The first-order valence-corrected chi connectivity index (χ1v) is 14.3. The van der Waals surface area contributed by atoms with Gasteiger partial charge in [0.15, 0.2) is 11.5 Å². The van der Waals surface area contributed by atoms with Crippen molar-refractivity contribution in [2.45, 2.75) is 70.9 Å². The van der Waals surface area contributed by atoms with E-state index < -0.39 is 12.1 Å². The van der Waals surface area contributed by atoms with Crippen LogP contribution in [-0.4, -0.2) is 45.7 Å². The molecule has 2 aromatic carbocycles. The molecule has 2 aliphatic carbocycles. The number of rotatable bonds is 10. The lowest BCUT2D eigenvalue weighted by atomic mass is 9.95. The molecular weight excluding hydrogens is 522 g/mol. The third-order valence-electron chi connectivity index (χ3n) is 7.81. The predicted octanol–water partition coefficient (Wildman–Crippen LogP) is 4.67. The number of benzene rings is 1. The molecule has 2 atom stereocenters. The fraction of sp³-hybridized carbons (Fsp3) is 0.469. The zero-order valence-electron chi connectivity index (χ0n) is 24.6. The van der Waals surface area contributed by atoms with Crippen LogP contribution in [0.25, 0.3) is 11.1 Å². The lowest BCUT2D eigenvalue weighted by Crippen LogP contribution is -2.39. The fourth-order valence-electron chi connectivity index (χ4n) is 5.76. The van der Waals surface area contributed by atoms with E-state index in [0.717, 1.165) is 36.0 Å². The van der Waals surface area contributed by atoms with Crippen LogP contribution in [0.5, 0.6) is 17.2 Å². The van der Waals surface area contributed by atoms with E-state index in [1.165, 1.54) is 25.3 Å². The van der Waals surface area contributed by atoms with E-state index in [9.17, 15) is 14.4 Å². The maximum atomic E-state index is 13.5. The van der Waals surface area contributed by atoms with Gasteiger partial charge < -0.3 is 30.2 Å². The number of ether oxygens (including phenoxy) is 3. The molecule has 0 heterocycles. The van der Waals surface area contributed by atoms with Crippen molar-refractivity contribution >= 4 is 17.5 Å². The Balaban J connectivity index is 1.69. The molecule has 0 saturated carbocycles. The Kier molecular flexibility index (Phi) is 9.91. The highest BCUT2D eigenvalue weighted by Gasteiger charge is 2.29. The number of methoxy groups -OCH3 is 3. The van der Waals surface area contributed by atoms with E-state index in [0.29, 0.717) is 47.9 Å². The standard InChI is InChI=1S/C32H41N3O6/c1-19(32(38)33-16-15-21-9-7-6-8-10-21)34-26-14-12-23-24(18-27(26)37)25(35-20(2)36)13-11-22-17-28(39-3)30(40-4)31(41-5)29(22)23/h9,12,14,17-19,25H,6-8,10-11,13,15-16H2,1-5H3,(H,33,38)(H,34,37)(H,35,36). The number of nitrogens with one attached hydrogen (secondary N) is 3.